The lowest BCUT2D eigenvalue weighted by Crippen LogP contribution is -2.32. The molecule has 0 aromatic heterocycles. The van der Waals surface area contributed by atoms with E-state index in [0.29, 0.717) is 17.0 Å². The van der Waals surface area contributed by atoms with Gasteiger partial charge in [0.1, 0.15) is 6.54 Å². The fraction of sp³-hybridized carbons (Fsp3) is 0.333. The van der Waals surface area contributed by atoms with Gasteiger partial charge in [0.25, 0.3) is 5.91 Å². The molecule has 0 atom stereocenters. The van der Waals surface area contributed by atoms with Crippen molar-refractivity contribution in [3.63, 3.8) is 0 Å². The van der Waals surface area contributed by atoms with Gasteiger partial charge in [0.05, 0.1) is 25.5 Å². The van der Waals surface area contributed by atoms with Gasteiger partial charge in [0.15, 0.2) is 5.75 Å². The number of carbonyl (C=O) groups excluding carboxylic acids is 2. The molecule has 6 nitrogen and oxygen atoms in total. The monoisotopic (exact) mass is 252 g/mol. The average molecular weight is 252 g/mol. The molecular weight excluding hydrogens is 236 g/mol. The average Bonchev–Trinajstić information content (AvgIpc) is 2.37. The van der Waals surface area contributed by atoms with E-state index in [1.54, 1.807) is 18.2 Å². The summed E-state index contributed by atoms with van der Waals surface area (Å²) in [7, 11) is 4.20. The highest BCUT2D eigenvalue weighted by molar-refractivity contribution is 5.99. The molecule has 0 aliphatic carbocycles. The van der Waals surface area contributed by atoms with E-state index >= 15 is 0 Å². The van der Waals surface area contributed by atoms with Crippen LogP contribution in [0.1, 0.15) is 10.4 Å². The Morgan fingerprint density at radius 1 is 1.33 bits per heavy atom. The number of methoxy groups -OCH3 is 2. The van der Waals surface area contributed by atoms with Crippen LogP contribution < -0.4 is 10.5 Å². The first-order valence-electron chi connectivity index (χ1n) is 5.26. The lowest BCUT2D eigenvalue weighted by Gasteiger charge is -2.18. The quantitative estimate of drug-likeness (QED) is 0.624. The van der Waals surface area contributed by atoms with E-state index in [1.165, 1.54) is 26.2 Å². The molecule has 1 amide bonds. The van der Waals surface area contributed by atoms with Gasteiger partial charge in [-0.2, -0.15) is 0 Å². The normalized spacial score (nSPS) is 9.72. The van der Waals surface area contributed by atoms with Crippen molar-refractivity contribution in [3.8, 4) is 5.75 Å². The molecule has 98 valence electrons. The summed E-state index contributed by atoms with van der Waals surface area (Å²) in [5, 5.41) is 0. The highest BCUT2D eigenvalue weighted by atomic mass is 16.5. The standard InChI is InChI=1S/C12H16N2O4/c1-14(7-10(15)17-2)12(16)8-5-4-6-9(13)11(8)18-3/h4-6H,7,13H2,1-3H3. The van der Waals surface area contributed by atoms with Gasteiger partial charge in [0.2, 0.25) is 0 Å². The molecule has 0 unspecified atom stereocenters. The largest absolute Gasteiger partial charge is 0.494 e. The zero-order chi connectivity index (χ0) is 13.7. The number of nitrogens with zero attached hydrogens (tertiary/aromatic N) is 1. The lowest BCUT2D eigenvalue weighted by molar-refractivity contribution is -0.141. The predicted octanol–water partition coefficient (Wildman–Crippen LogP) is 0.522. The molecule has 18 heavy (non-hydrogen) atoms. The third-order valence-corrected chi connectivity index (χ3v) is 2.42. The molecule has 1 rings (SSSR count). The molecule has 0 saturated carbocycles. The highest BCUT2D eigenvalue weighted by Crippen LogP contribution is 2.26. The predicted molar refractivity (Wildman–Crippen MR) is 66.4 cm³/mol. The van der Waals surface area contributed by atoms with E-state index in [1.807, 2.05) is 0 Å². The van der Waals surface area contributed by atoms with Gasteiger partial charge >= 0.3 is 5.97 Å². The molecule has 0 radical (unpaired) electrons. The molecule has 0 fully saturated rings. The van der Waals surface area contributed by atoms with Crippen LogP contribution in [0.2, 0.25) is 0 Å². The second-order valence-corrected chi connectivity index (χ2v) is 3.67. The van der Waals surface area contributed by atoms with Crippen molar-refractivity contribution in [3.05, 3.63) is 23.8 Å². The second kappa shape index (κ2) is 5.90. The van der Waals surface area contributed by atoms with E-state index in [2.05, 4.69) is 4.74 Å². The number of likely N-dealkylation sites (N-methyl/N-ethyl adjacent to an activating group) is 1. The molecular formula is C12H16N2O4. The third kappa shape index (κ3) is 2.91. The first kappa shape index (κ1) is 13.8. The van der Waals surface area contributed by atoms with E-state index in [9.17, 15) is 9.59 Å². The summed E-state index contributed by atoms with van der Waals surface area (Å²) in [4.78, 5) is 24.5. The third-order valence-electron chi connectivity index (χ3n) is 2.42. The van der Waals surface area contributed by atoms with Crippen LogP contribution in [0.4, 0.5) is 5.69 Å². The Kier molecular flexibility index (Phi) is 4.53. The lowest BCUT2D eigenvalue weighted by atomic mass is 10.1. The minimum atomic E-state index is -0.492. The maximum atomic E-state index is 12.1. The van der Waals surface area contributed by atoms with Crippen molar-refractivity contribution >= 4 is 17.6 Å². The SMILES string of the molecule is COC(=O)CN(C)C(=O)c1cccc(N)c1OC. The minimum absolute atomic E-state index is 0.132. The molecule has 0 saturated heterocycles. The number of hydrogen-bond acceptors (Lipinski definition) is 5. The smallest absolute Gasteiger partial charge is 0.325 e. The van der Waals surface area contributed by atoms with Crippen LogP contribution in [0.25, 0.3) is 0 Å². The maximum absolute atomic E-state index is 12.1. The number of amides is 1. The number of nitrogens with two attached hydrogens (primary N) is 1. The van der Waals surface area contributed by atoms with Gasteiger partial charge in [-0.15, -0.1) is 0 Å². The van der Waals surface area contributed by atoms with Crippen molar-refractivity contribution < 1.29 is 19.1 Å². The number of esters is 1. The van der Waals surface area contributed by atoms with Crippen LogP contribution in [-0.2, 0) is 9.53 Å². The van der Waals surface area contributed by atoms with E-state index in [4.69, 9.17) is 10.5 Å². The Morgan fingerprint density at radius 3 is 2.56 bits per heavy atom. The summed E-state index contributed by atoms with van der Waals surface area (Å²) in [6.45, 7) is -0.132. The summed E-state index contributed by atoms with van der Waals surface area (Å²) in [6.07, 6.45) is 0. The first-order chi connectivity index (χ1) is 8.51. The Labute approximate surface area is 105 Å². The minimum Gasteiger partial charge on any atom is -0.494 e. The van der Waals surface area contributed by atoms with E-state index in [0.717, 1.165) is 0 Å². The Morgan fingerprint density at radius 2 is 2.00 bits per heavy atom. The molecule has 0 bridgehead atoms. The number of nitrogen functional groups attached to an aromatic ring is 1. The van der Waals surface area contributed by atoms with Gasteiger partial charge in [-0.3, -0.25) is 9.59 Å². The van der Waals surface area contributed by atoms with Crippen LogP contribution in [0.5, 0.6) is 5.75 Å². The van der Waals surface area contributed by atoms with Gasteiger partial charge in [0, 0.05) is 7.05 Å². The van der Waals surface area contributed by atoms with E-state index in [-0.39, 0.29) is 12.5 Å². The van der Waals surface area contributed by atoms with Crippen molar-refractivity contribution in [2.75, 3.05) is 33.5 Å². The zero-order valence-electron chi connectivity index (χ0n) is 10.6. The summed E-state index contributed by atoms with van der Waals surface area (Å²) in [5.41, 5.74) is 6.39. The number of hydrogen-bond donors (Lipinski definition) is 1. The van der Waals surface area contributed by atoms with Gasteiger partial charge in [-0.1, -0.05) is 6.07 Å². The molecule has 0 aliphatic heterocycles. The second-order valence-electron chi connectivity index (χ2n) is 3.67. The number of para-hydroxylation sites is 1. The van der Waals surface area contributed by atoms with Crippen molar-refractivity contribution in [1.29, 1.82) is 0 Å². The van der Waals surface area contributed by atoms with Crippen LogP contribution in [0.3, 0.4) is 0 Å². The van der Waals surface area contributed by atoms with Crippen LogP contribution in [-0.4, -0.2) is 44.6 Å². The highest BCUT2D eigenvalue weighted by Gasteiger charge is 2.20. The Balaban J connectivity index is 2.96. The molecule has 6 heteroatoms. The van der Waals surface area contributed by atoms with Crippen LogP contribution >= 0.6 is 0 Å². The first-order valence-corrected chi connectivity index (χ1v) is 5.26. The van der Waals surface area contributed by atoms with Crippen molar-refractivity contribution in [2.24, 2.45) is 0 Å². The topological polar surface area (TPSA) is 81.9 Å². The Bertz CT molecular complexity index is 459. The summed E-state index contributed by atoms with van der Waals surface area (Å²) >= 11 is 0. The van der Waals surface area contributed by atoms with Crippen LogP contribution in [0.15, 0.2) is 18.2 Å². The number of carbonyl (C=O) groups is 2. The molecule has 0 heterocycles. The van der Waals surface area contributed by atoms with Crippen molar-refractivity contribution in [2.45, 2.75) is 0 Å². The Hall–Kier alpha value is -2.24. The number of benzene rings is 1. The van der Waals surface area contributed by atoms with Crippen molar-refractivity contribution in [1.82, 2.24) is 4.90 Å². The molecule has 1 aromatic carbocycles. The summed E-state index contributed by atoms with van der Waals surface area (Å²) in [5.74, 6) is -0.544. The number of ether oxygens (including phenoxy) is 2. The molecule has 0 spiro atoms. The summed E-state index contributed by atoms with van der Waals surface area (Å²) < 4.78 is 9.59. The van der Waals surface area contributed by atoms with Gasteiger partial charge < -0.3 is 20.1 Å². The van der Waals surface area contributed by atoms with E-state index < -0.39 is 5.97 Å². The molecule has 2 N–H and O–H groups in total. The summed E-state index contributed by atoms with van der Waals surface area (Å²) in [6, 6.07) is 4.87. The number of rotatable bonds is 4. The fourth-order valence-corrected chi connectivity index (χ4v) is 1.49. The van der Waals surface area contributed by atoms with Gasteiger partial charge in [-0.05, 0) is 12.1 Å². The number of anilines is 1. The maximum Gasteiger partial charge on any atom is 0.325 e. The van der Waals surface area contributed by atoms with Crippen LogP contribution in [0, 0.1) is 0 Å². The molecule has 0 aliphatic rings. The molecule has 1 aromatic rings. The van der Waals surface area contributed by atoms with Gasteiger partial charge in [-0.25, -0.2) is 0 Å². The zero-order valence-corrected chi connectivity index (χ0v) is 10.6. The fourth-order valence-electron chi connectivity index (χ4n) is 1.49.